The van der Waals surface area contributed by atoms with E-state index in [1.807, 2.05) is 0 Å². The van der Waals surface area contributed by atoms with E-state index in [9.17, 15) is 13.2 Å². The summed E-state index contributed by atoms with van der Waals surface area (Å²) in [5.41, 5.74) is 10.0. The molecule has 8 nitrogen and oxygen atoms in total. The number of fused-ring (bicyclic) bond motifs is 7. The molecule has 0 radical (unpaired) electrons. The zero-order valence-corrected chi connectivity index (χ0v) is 17.8. The van der Waals surface area contributed by atoms with E-state index >= 15 is 0 Å². The number of ether oxygens (including phenoxy) is 1. The quantitative estimate of drug-likeness (QED) is 0.494. The number of rotatable bonds is 2. The summed E-state index contributed by atoms with van der Waals surface area (Å²) < 4.78 is 48.1. The largest absolute Gasteiger partial charge is 0.482 e. The molecule has 1 aromatic carbocycles. The number of nitrogens with two attached hydrogens (primary N) is 1. The summed E-state index contributed by atoms with van der Waals surface area (Å²) in [5.74, 6) is -0.0367. The van der Waals surface area contributed by atoms with Crippen LogP contribution in [0, 0.1) is 5.82 Å². The van der Waals surface area contributed by atoms with Crippen LogP contribution in [-0.4, -0.2) is 36.2 Å². The number of hydrogen-bond donors (Lipinski definition) is 1. The molecule has 170 valence electrons. The first-order chi connectivity index (χ1) is 15.8. The first-order valence-corrected chi connectivity index (χ1v) is 10.3. The number of alkyl halides is 2. The van der Waals surface area contributed by atoms with Gasteiger partial charge < -0.3 is 10.5 Å². The normalized spacial score (nSPS) is 15.2. The number of aromatic nitrogens is 6. The highest BCUT2D eigenvalue weighted by Gasteiger charge is 2.25. The molecule has 5 rings (SSSR count). The molecule has 2 N–H and O–H groups in total. The van der Waals surface area contributed by atoms with Gasteiger partial charge >= 0.3 is 0 Å². The summed E-state index contributed by atoms with van der Waals surface area (Å²) in [5, 5.41) is 13.2. The molecule has 0 saturated heterocycles. The van der Waals surface area contributed by atoms with Crippen molar-refractivity contribution in [1.82, 2.24) is 29.8 Å². The van der Waals surface area contributed by atoms with Gasteiger partial charge in [0.25, 0.3) is 6.43 Å². The van der Waals surface area contributed by atoms with Crippen molar-refractivity contribution in [3.63, 3.8) is 0 Å². The van der Waals surface area contributed by atoms with Crippen LogP contribution < -0.4 is 10.5 Å². The Kier molecular flexibility index (Phi) is 5.03. The number of benzene rings is 1. The molecule has 1 aliphatic heterocycles. The van der Waals surface area contributed by atoms with Gasteiger partial charge in [0.2, 0.25) is 0 Å². The van der Waals surface area contributed by atoms with E-state index in [0.29, 0.717) is 39.3 Å². The second-order valence-corrected chi connectivity index (χ2v) is 7.85. The van der Waals surface area contributed by atoms with E-state index in [-0.39, 0.29) is 18.0 Å². The van der Waals surface area contributed by atoms with Gasteiger partial charge in [-0.3, -0.25) is 4.68 Å². The van der Waals surface area contributed by atoms with Crippen LogP contribution in [-0.2, 0) is 20.0 Å². The van der Waals surface area contributed by atoms with Gasteiger partial charge in [0.1, 0.15) is 24.2 Å². The number of pyridine rings is 1. The van der Waals surface area contributed by atoms with Gasteiger partial charge in [0.05, 0.1) is 17.6 Å². The Morgan fingerprint density at radius 1 is 1.21 bits per heavy atom. The first-order valence-electron chi connectivity index (χ1n) is 10.3. The van der Waals surface area contributed by atoms with Crippen molar-refractivity contribution < 1.29 is 17.9 Å². The molecule has 11 heteroatoms. The minimum atomic E-state index is -2.60. The fraction of sp³-hybridized carbons (Fsp3) is 0.273. The van der Waals surface area contributed by atoms with E-state index in [2.05, 4.69) is 20.3 Å². The molecule has 0 fully saturated rings. The third-order valence-electron chi connectivity index (χ3n) is 5.53. The van der Waals surface area contributed by atoms with Crippen molar-refractivity contribution in [3.8, 4) is 28.3 Å². The number of nitrogen functional groups attached to an aromatic ring is 1. The van der Waals surface area contributed by atoms with Gasteiger partial charge in [-0.05, 0) is 31.2 Å². The van der Waals surface area contributed by atoms with Gasteiger partial charge in [-0.25, -0.2) is 18.2 Å². The van der Waals surface area contributed by atoms with Crippen molar-refractivity contribution in [1.29, 1.82) is 0 Å². The van der Waals surface area contributed by atoms with E-state index in [4.69, 9.17) is 10.5 Å². The highest BCUT2D eigenvalue weighted by molar-refractivity contribution is 5.71. The van der Waals surface area contributed by atoms with E-state index in [1.165, 1.54) is 34.0 Å². The van der Waals surface area contributed by atoms with Crippen LogP contribution in [0.25, 0.3) is 22.5 Å². The van der Waals surface area contributed by atoms with Gasteiger partial charge in [-0.15, -0.1) is 0 Å². The lowest BCUT2D eigenvalue weighted by Crippen LogP contribution is -2.12. The van der Waals surface area contributed by atoms with E-state index < -0.39 is 24.9 Å². The molecule has 4 heterocycles. The second-order valence-electron chi connectivity index (χ2n) is 7.85. The Morgan fingerprint density at radius 3 is 2.82 bits per heavy atom. The minimum absolute atomic E-state index is 0.127. The topological polar surface area (TPSA) is 96.7 Å². The zero-order valence-electron chi connectivity index (χ0n) is 17.8. The van der Waals surface area contributed by atoms with Crippen LogP contribution in [0.1, 0.15) is 29.8 Å². The highest BCUT2D eigenvalue weighted by atomic mass is 19.3. The van der Waals surface area contributed by atoms with Crippen molar-refractivity contribution in [3.05, 3.63) is 59.3 Å². The lowest BCUT2D eigenvalue weighted by atomic mass is 9.96. The molecule has 0 aliphatic carbocycles. The Hall–Kier alpha value is -3.89. The van der Waals surface area contributed by atoms with Crippen molar-refractivity contribution in [2.24, 2.45) is 7.05 Å². The maximum absolute atomic E-state index is 14.2. The molecule has 0 saturated carbocycles. The third kappa shape index (κ3) is 3.79. The average Bonchev–Trinajstić information content (AvgIpc) is 3.31. The van der Waals surface area contributed by atoms with Crippen LogP contribution in [0.2, 0.25) is 0 Å². The molecule has 1 atom stereocenters. The fourth-order valence-corrected chi connectivity index (χ4v) is 4.13. The maximum atomic E-state index is 14.2. The van der Waals surface area contributed by atoms with E-state index in [1.54, 1.807) is 26.1 Å². The van der Waals surface area contributed by atoms with Crippen LogP contribution >= 0.6 is 0 Å². The summed E-state index contributed by atoms with van der Waals surface area (Å²) in [6.07, 6.45) is 0.0869. The fourth-order valence-electron chi connectivity index (χ4n) is 4.13. The summed E-state index contributed by atoms with van der Waals surface area (Å²) in [6, 6.07) is 6.00. The monoisotopic (exact) mass is 455 g/mol. The molecule has 1 unspecified atom stereocenters. The lowest BCUT2D eigenvalue weighted by molar-refractivity contribution is 0.122. The van der Waals surface area contributed by atoms with Crippen molar-refractivity contribution in [2.75, 3.05) is 5.73 Å². The standard InChI is InChI=1S/C22H20F3N7O/c1-11-16-7-14(23)3-4-15(16)20-17(29-31(2)30-20)5-12-9-28-32(10-19(24)25)21(12)13-6-18(33-11)22(26)27-8-13/h3-4,6-9,11,19H,5,10H2,1-2H3,(H2,26,27). The first kappa shape index (κ1) is 21.0. The maximum Gasteiger partial charge on any atom is 0.257 e. The Bertz CT molecular complexity index is 1350. The molecule has 2 bridgehead atoms. The molecular weight excluding hydrogens is 435 g/mol. The zero-order chi connectivity index (χ0) is 23.3. The number of aryl methyl sites for hydroxylation is 1. The molecule has 3 aromatic heterocycles. The number of halogens is 3. The highest BCUT2D eigenvalue weighted by Crippen LogP contribution is 2.38. The van der Waals surface area contributed by atoms with Crippen LogP contribution in [0.3, 0.4) is 0 Å². The summed E-state index contributed by atoms with van der Waals surface area (Å²) in [4.78, 5) is 5.62. The third-order valence-corrected chi connectivity index (χ3v) is 5.53. The molecule has 0 spiro atoms. The number of anilines is 1. The van der Waals surface area contributed by atoms with Gasteiger partial charge in [-0.2, -0.15) is 20.1 Å². The molecular formula is C22H20F3N7O. The molecule has 0 amide bonds. The minimum Gasteiger partial charge on any atom is -0.482 e. The number of hydrogen-bond acceptors (Lipinski definition) is 6. The second kappa shape index (κ2) is 7.91. The van der Waals surface area contributed by atoms with Gasteiger partial charge in [0.15, 0.2) is 11.6 Å². The lowest BCUT2D eigenvalue weighted by Gasteiger charge is -2.20. The predicted molar refractivity (Wildman–Crippen MR) is 114 cm³/mol. The smallest absolute Gasteiger partial charge is 0.257 e. The Morgan fingerprint density at radius 2 is 2.03 bits per heavy atom. The molecule has 1 aliphatic rings. The molecule has 33 heavy (non-hydrogen) atoms. The SMILES string of the molecule is CC1Oc2cc(cnc2N)-c2c(cnn2CC(F)F)Cc2nn(C)nc2-c2ccc(F)cc21. The van der Waals surface area contributed by atoms with Crippen LogP contribution in [0.15, 0.2) is 36.7 Å². The van der Waals surface area contributed by atoms with Gasteiger partial charge in [-0.1, -0.05) is 0 Å². The van der Waals surface area contributed by atoms with Gasteiger partial charge in [0, 0.05) is 41.9 Å². The number of nitrogens with zero attached hydrogens (tertiary/aromatic N) is 6. The Labute approximate surface area is 186 Å². The van der Waals surface area contributed by atoms with Crippen LogP contribution in [0.5, 0.6) is 5.75 Å². The summed E-state index contributed by atoms with van der Waals surface area (Å²) in [7, 11) is 1.68. The average molecular weight is 455 g/mol. The summed E-state index contributed by atoms with van der Waals surface area (Å²) in [6.45, 7) is 1.18. The van der Waals surface area contributed by atoms with Crippen molar-refractivity contribution in [2.45, 2.75) is 32.4 Å². The molecule has 4 aromatic rings. The Balaban J connectivity index is 1.78. The van der Waals surface area contributed by atoms with E-state index in [0.717, 1.165) is 0 Å². The van der Waals surface area contributed by atoms with Crippen LogP contribution in [0.4, 0.5) is 19.0 Å². The van der Waals surface area contributed by atoms with Crippen molar-refractivity contribution >= 4 is 5.82 Å². The summed E-state index contributed by atoms with van der Waals surface area (Å²) >= 11 is 0. The predicted octanol–water partition coefficient (Wildman–Crippen LogP) is 3.77.